The van der Waals surface area contributed by atoms with Crippen LogP contribution in [-0.4, -0.2) is 19.1 Å². The second-order valence-electron chi connectivity index (χ2n) is 4.58. The Balaban J connectivity index is 3.22. The van der Waals surface area contributed by atoms with E-state index in [2.05, 4.69) is 15.9 Å². The van der Waals surface area contributed by atoms with Gasteiger partial charge in [-0.2, -0.15) is 0 Å². The molecule has 0 radical (unpaired) electrons. The van der Waals surface area contributed by atoms with Crippen LogP contribution in [0.25, 0.3) is 0 Å². The van der Waals surface area contributed by atoms with Crippen LogP contribution in [0, 0.1) is 5.82 Å². The van der Waals surface area contributed by atoms with Crippen molar-refractivity contribution in [1.29, 1.82) is 0 Å². The zero-order valence-corrected chi connectivity index (χ0v) is 12.3. The first kappa shape index (κ1) is 15.1. The quantitative estimate of drug-likeness (QED) is 0.869. The minimum Gasteiger partial charge on any atom is -0.469 e. The lowest BCUT2D eigenvalue weighted by Crippen LogP contribution is -2.43. The van der Waals surface area contributed by atoms with Gasteiger partial charge in [0.25, 0.3) is 0 Å². The van der Waals surface area contributed by atoms with Crippen molar-refractivity contribution in [3.8, 4) is 0 Å². The Kier molecular flexibility index (Phi) is 4.87. The Bertz CT molecular complexity index is 451. The highest BCUT2D eigenvalue weighted by atomic mass is 79.9. The molecule has 100 valence electrons. The highest BCUT2D eigenvalue weighted by Gasteiger charge is 2.35. The zero-order valence-electron chi connectivity index (χ0n) is 10.7. The Labute approximate surface area is 115 Å². The third kappa shape index (κ3) is 3.09. The van der Waals surface area contributed by atoms with Crippen molar-refractivity contribution in [2.24, 2.45) is 5.73 Å². The van der Waals surface area contributed by atoms with Crippen LogP contribution in [0.2, 0.25) is 0 Å². The van der Waals surface area contributed by atoms with Gasteiger partial charge in [-0.1, -0.05) is 28.9 Å². The van der Waals surface area contributed by atoms with Gasteiger partial charge in [-0.15, -0.1) is 0 Å². The molecule has 0 heterocycles. The first-order valence-electron chi connectivity index (χ1n) is 5.59. The van der Waals surface area contributed by atoms with Crippen molar-refractivity contribution in [3.63, 3.8) is 0 Å². The van der Waals surface area contributed by atoms with E-state index in [1.165, 1.54) is 19.2 Å². The summed E-state index contributed by atoms with van der Waals surface area (Å²) in [5, 5.41) is 0. The second kappa shape index (κ2) is 5.80. The molecule has 1 aromatic carbocycles. The molecule has 0 aliphatic rings. The third-order valence-electron chi connectivity index (χ3n) is 3.29. The summed E-state index contributed by atoms with van der Waals surface area (Å²) in [4.78, 5) is 11.5. The molecule has 5 heteroatoms. The van der Waals surface area contributed by atoms with Gasteiger partial charge in [-0.25, -0.2) is 4.39 Å². The van der Waals surface area contributed by atoms with E-state index in [4.69, 9.17) is 10.5 Å². The Morgan fingerprint density at radius 1 is 1.61 bits per heavy atom. The molecule has 0 aliphatic heterocycles. The largest absolute Gasteiger partial charge is 0.469 e. The topological polar surface area (TPSA) is 52.3 Å². The minimum atomic E-state index is -0.611. The fourth-order valence-electron chi connectivity index (χ4n) is 1.83. The molecule has 0 saturated heterocycles. The highest BCUT2D eigenvalue weighted by molar-refractivity contribution is 9.10. The first-order valence-corrected chi connectivity index (χ1v) is 6.38. The highest BCUT2D eigenvalue weighted by Crippen LogP contribution is 2.36. The number of rotatable bonds is 4. The van der Waals surface area contributed by atoms with Crippen LogP contribution in [0.5, 0.6) is 0 Å². The number of carbonyl (C=O) groups excluding carboxylic acids is 1. The number of ether oxygens (including phenoxy) is 1. The molecule has 18 heavy (non-hydrogen) atoms. The summed E-state index contributed by atoms with van der Waals surface area (Å²) in [6.45, 7) is 3.69. The number of hydrogen-bond donors (Lipinski definition) is 1. The van der Waals surface area contributed by atoms with Gasteiger partial charge in [0.1, 0.15) is 5.82 Å². The smallest absolute Gasteiger partial charge is 0.306 e. The summed E-state index contributed by atoms with van der Waals surface area (Å²) < 4.78 is 18.4. The molecule has 0 aromatic heterocycles. The number of nitrogens with two attached hydrogens (primary N) is 1. The molecule has 0 fully saturated rings. The number of methoxy groups -OCH3 is 1. The van der Waals surface area contributed by atoms with Gasteiger partial charge in [-0.05, 0) is 24.6 Å². The lowest BCUT2D eigenvalue weighted by molar-refractivity contribution is -0.142. The predicted octanol–water partition coefficient (Wildman–Crippen LogP) is 2.76. The van der Waals surface area contributed by atoms with E-state index in [0.29, 0.717) is 4.47 Å². The van der Waals surface area contributed by atoms with Gasteiger partial charge >= 0.3 is 5.97 Å². The second-order valence-corrected chi connectivity index (χ2v) is 5.44. The molecular formula is C13H17BrFNO2. The van der Waals surface area contributed by atoms with Gasteiger partial charge in [0.15, 0.2) is 0 Å². The monoisotopic (exact) mass is 317 g/mol. The van der Waals surface area contributed by atoms with E-state index in [0.717, 1.165) is 5.56 Å². The molecule has 3 nitrogen and oxygen atoms in total. The SMILES string of the molecule is COC(=O)CC(C)(c1ccc(F)cc1Br)C(C)N. The van der Waals surface area contributed by atoms with Crippen LogP contribution in [0.1, 0.15) is 25.8 Å². The molecule has 0 saturated carbocycles. The summed E-state index contributed by atoms with van der Waals surface area (Å²) in [6.07, 6.45) is 0.144. The maximum absolute atomic E-state index is 13.1. The Morgan fingerprint density at radius 3 is 2.67 bits per heavy atom. The minimum absolute atomic E-state index is 0.144. The lowest BCUT2D eigenvalue weighted by Gasteiger charge is -2.34. The van der Waals surface area contributed by atoms with Crippen LogP contribution in [0.15, 0.2) is 22.7 Å². The predicted molar refractivity (Wildman–Crippen MR) is 71.7 cm³/mol. The van der Waals surface area contributed by atoms with Crippen molar-refractivity contribution in [3.05, 3.63) is 34.1 Å². The lowest BCUT2D eigenvalue weighted by atomic mass is 9.74. The van der Waals surface area contributed by atoms with E-state index < -0.39 is 5.41 Å². The van der Waals surface area contributed by atoms with Crippen LogP contribution in [0.4, 0.5) is 4.39 Å². The Hall–Kier alpha value is -0.940. The van der Waals surface area contributed by atoms with Crippen molar-refractivity contribution in [2.45, 2.75) is 31.7 Å². The van der Waals surface area contributed by atoms with Crippen LogP contribution in [-0.2, 0) is 14.9 Å². The van der Waals surface area contributed by atoms with E-state index in [1.807, 2.05) is 13.8 Å². The number of hydrogen-bond acceptors (Lipinski definition) is 3. The molecule has 1 aromatic rings. The van der Waals surface area contributed by atoms with Gasteiger partial charge in [0, 0.05) is 15.9 Å². The third-order valence-corrected chi connectivity index (χ3v) is 3.95. The van der Waals surface area contributed by atoms with Gasteiger partial charge in [0.05, 0.1) is 13.5 Å². The Morgan fingerprint density at radius 2 is 2.22 bits per heavy atom. The van der Waals surface area contributed by atoms with Crippen molar-refractivity contribution in [1.82, 2.24) is 0 Å². The van der Waals surface area contributed by atoms with E-state index in [-0.39, 0.29) is 24.2 Å². The summed E-state index contributed by atoms with van der Waals surface area (Å²) in [5.41, 5.74) is 6.17. The summed E-state index contributed by atoms with van der Waals surface area (Å²) in [7, 11) is 1.34. The molecule has 2 unspecified atom stereocenters. The molecule has 0 bridgehead atoms. The van der Waals surface area contributed by atoms with Crippen molar-refractivity contribution >= 4 is 21.9 Å². The number of carbonyl (C=O) groups is 1. The normalized spacial score (nSPS) is 15.9. The standard InChI is InChI=1S/C13H17BrFNO2/c1-8(16)13(2,7-12(17)18-3)10-5-4-9(15)6-11(10)14/h4-6,8H,7,16H2,1-3H3. The zero-order chi connectivity index (χ0) is 13.9. The maximum Gasteiger partial charge on any atom is 0.306 e. The van der Waals surface area contributed by atoms with Gasteiger partial charge < -0.3 is 10.5 Å². The molecule has 2 N–H and O–H groups in total. The molecule has 0 spiro atoms. The summed E-state index contributed by atoms with van der Waals surface area (Å²) in [6, 6.07) is 4.09. The summed E-state index contributed by atoms with van der Waals surface area (Å²) >= 11 is 3.32. The van der Waals surface area contributed by atoms with Crippen LogP contribution >= 0.6 is 15.9 Å². The molecule has 1 rings (SSSR count). The molecular weight excluding hydrogens is 301 g/mol. The van der Waals surface area contributed by atoms with Gasteiger partial charge in [0.2, 0.25) is 0 Å². The van der Waals surface area contributed by atoms with E-state index in [1.54, 1.807) is 6.07 Å². The fourth-order valence-corrected chi connectivity index (χ4v) is 2.63. The number of esters is 1. The first-order chi connectivity index (χ1) is 8.31. The molecule has 0 amide bonds. The van der Waals surface area contributed by atoms with Crippen LogP contribution < -0.4 is 5.73 Å². The van der Waals surface area contributed by atoms with Crippen molar-refractivity contribution < 1.29 is 13.9 Å². The van der Waals surface area contributed by atoms with Crippen molar-refractivity contribution in [2.75, 3.05) is 7.11 Å². The maximum atomic E-state index is 13.1. The molecule has 2 atom stereocenters. The van der Waals surface area contributed by atoms with Gasteiger partial charge in [-0.3, -0.25) is 4.79 Å². The van der Waals surface area contributed by atoms with E-state index in [9.17, 15) is 9.18 Å². The number of benzene rings is 1. The molecule has 0 aliphatic carbocycles. The average molecular weight is 318 g/mol. The average Bonchev–Trinajstić information content (AvgIpc) is 2.28. The van der Waals surface area contributed by atoms with E-state index >= 15 is 0 Å². The fraction of sp³-hybridized carbons (Fsp3) is 0.462. The van der Waals surface area contributed by atoms with Crippen LogP contribution in [0.3, 0.4) is 0 Å². The number of halogens is 2. The summed E-state index contributed by atoms with van der Waals surface area (Å²) in [5.74, 6) is -0.679.